The molecule has 2 aromatic carbocycles. The van der Waals surface area contributed by atoms with Crippen LogP contribution in [0.25, 0.3) is 10.9 Å². The molecule has 6 nitrogen and oxygen atoms in total. The van der Waals surface area contributed by atoms with Crippen LogP contribution in [0.2, 0.25) is 5.02 Å². The Bertz CT molecular complexity index is 1070. The molecular weight excluding hydrogens is 378 g/mol. The Morgan fingerprint density at radius 2 is 2.00 bits per heavy atom. The first-order valence-electron chi connectivity index (χ1n) is 8.92. The van der Waals surface area contributed by atoms with Gasteiger partial charge in [0.05, 0.1) is 5.52 Å². The molecule has 146 valence electrons. The summed E-state index contributed by atoms with van der Waals surface area (Å²) in [6, 6.07) is 11.1. The van der Waals surface area contributed by atoms with Crippen LogP contribution < -0.4 is 4.74 Å². The summed E-state index contributed by atoms with van der Waals surface area (Å²) in [6.07, 6.45) is 0. The molecule has 1 amide bonds. The van der Waals surface area contributed by atoms with Crippen LogP contribution in [0.1, 0.15) is 30.9 Å². The first-order valence-corrected chi connectivity index (χ1v) is 9.30. The van der Waals surface area contributed by atoms with Crippen molar-refractivity contribution in [3.05, 3.63) is 52.5 Å². The van der Waals surface area contributed by atoms with Crippen LogP contribution in [-0.2, 0) is 11.8 Å². The largest absolute Gasteiger partial charge is 0.493 e. The summed E-state index contributed by atoms with van der Waals surface area (Å²) in [4.78, 5) is 12.2. The van der Waals surface area contributed by atoms with Gasteiger partial charge in [0.15, 0.2) is 12.3 Å². The lowest BCUT2D eigenvalue weighted by molar-refractivity contribution is -0.120. The fourth-order valence-electron chi connectivity index (χ4n) is 3.00. The summed E-state index contributed by atoms with van der Waals surface area (Å²) in [5.74, 6) is 0.299. The van der Waals surface area contributed by atoms with Crippen molar-refractivity contribution in [2.45, 2.75) is 26.7 Å². The molecule has 0 aliphatic carbocycles. The number of aryl methyl sites for hydroxylation is 2. The van der Waals surface area contributed by atoms with Gasteiger partial charge < -0.3 is 14.4 Å². The van der Waals surface area contributed by atoms with E-state index in [2.05, 4.69) is 24.1 Å². The third-order valence-electron chi connectivity index (χ3n) is 4.51. The van der Waals surface area contributed by atoms with Gasteiger partial charge in [-0.25, -0.2) is 0 Å². The molecule has 0 unspecified atom stereocenters. The fraction of sp³-hybridized carbons (Fsp3) is 0.286. The number of aromatic hydroxyl groups is 1. The molecule has 0 saturated heterocycles. The lowest BCUT2D eigenvalue weighted by atomic mass is 10.0. The van der Waals surface area contributed by atoms with Gasteiger partial charge in [-0.3, -0.25) is 4.79 Å². The number of rotatable bonds is 5. The van der Waals surface area contributed by atoms with Crippen molar-refractivity contribution in [1.82, 2.24) is 4.57 Å². The number of benzene rings is 2. The van der Waals surface area contributed by atoms with Gasteiger partial charge in [-0.1, -0.05) is 37.6 Å². The fourth-order valence-corrected chi connectivity index (χ4v) is 3.17. The van der Waals surface area contributed by atoms with E-state index >= 15 is 0 Å². The van der Waals surface area contributed by atoms with Crippen molar-refractivity contribution in [1.29, 1.82) is 0 Å². The molecule has 3 rings (SSSR count). The molecule has 7 heteroatoms. The van der Waals surface area contributed by atoms with E-state index in [1.54, 1.807) is 29.8 Å². The topological polar surface area (TPSA) is 76.2 Å². The highest BCUT2D eigenvalue weighted by molar-refractivity contribution is 6.31. The van der Waals surface area contributed by atoms with Gasteiger partial charge in [0.1, 0.15) is 5.75 Å². The molecule has 1 N–H and O–H groups in total. The smallest absolute Gasteiger partial charge is 0.302 e. The summed E-state index contributed by atoms with van der Waals surface area (Å²) < 4.78 is 7.24. The van der Waals surface area contributed by atoms with Crippen molar-refractivity contribution >= 4 is 34.1 Å². The van der Waals surface area contributed by atoms with E-state index in [0.717, 1.165) is 16.6 Å². The standard InChI is InChI=1S/C21H22ClN3O3/c1-12(2)15-7-5-13(3)9-18(15)28-11-19(26)23-24-20-16-10-14(22)6-8-17(16)25(4)21(20)27/h5-10,12,27H,11H2,1-4H3. The van der Waals surface area contributed by atoms with E-state index in [1.165, 1.54) is 0 Å². The second kappa shape index (κ2) is 8.02. The number of nitrogens with zero attached hydrogens (tertiary/aromatic N) is 3. The van der Waals surface area contributed by atoms with Crippen LogP contribution in [0.4, 0.5) is 5.69 Å². The number of azo groups is 1. The van der Waals surface area contributed by atoms with Gasteiger partial charge in [0, 0.05) is 17.5 Å². The van der Waals surface area contributed by atoms with Crippen molar-refractivity contribution in [2.75, 3.05) is 6.61 Å². The van der Waals surface area contributed by atoms with Gasteiger partial charge in [-0.15, -0.1) is 10.2 Å². The molecular formula is C21H22ClN3O3. The molecule has 1 aromatic heterocycles. The first-order chi connectivity index (χ1) is 13.3. The number of hydrogen-bond donors (Lipinski definition) is 1. The minimum Gasteiger partial charge on any atom is -0.493 e. The zero-order valence-electron chi connectivity index (χ0n) is 16.2. The highest BCUT2D eigenvalue weighted by Crippen LogP contribution is 2.39. The minimum absolute atomic E-state index is 0.0875. The average molecular weight is 400 g/mol. The second-order valence-electron chi connectivity index (χ2n) is 6.97. The molecule has 0 aliphatic heterocycles. The summed E-state index contributed by atoms with van der Waals surface area (Å²) >= 11 is 6.04. The highest BCUT2D eigenvalue weighted by atomic mass is 35.5. The average Bonchev–Trinajstić information content (AvgIpc) is 2.88. The number of hydrogen-bond acceptors (Lipinski definition) is 4. The van der Waals surface area contributed by atoms with Gasteiger partial charge >= 0.3 is 5.91 Å². The number of carbonyl (C=O) groups is 1. The van der Waals surface area contributed by atoms with Crippen molar-refractivity contribution < 1.29 is 14.6 Å². The van der Waals surface area contributed by atoms with Crippen LogP contribution in [0.5, 0.6) is 11.6 Å². The van der Waals surface area contributed by atoms with Crippen LogP contribution >= 0.6 is 11.6 Å². The first kappa shape index (κ1) is 19.9. The van der Waals surface area contributed by atoms with E-state index in [0.29, 0.717) is 16.2 Å². The van der Waals surface area contributed by atoms with E-state index in [1.807, 2.05) is 25.1 Å². The van der Waals surface area contributed by atoms with E-state index in [-0.39, 0.29) is 24.1 Å². The lowest BCUT2D eigenvalue weighted by Gasteiger charge is -2.13. The third-order valence-corrected chi connectivity index (χ3v) is 4.74. The van der Waals surface area contributed by atoms with Crippen LogP contribution in [0.15, 0.2) is 46.6 Å². The van der Waals surface area contributed by atoms with Crippen molar-refractivity contribution in [3.63, 3.8) is 0 Å². The highest BCUT2D eigenvalue weighted by Gasteiger charge is 2.15. The maximum absolute atomic E-state index is 12.2. The minimum atomic E-state index is -0.547. The maximum atomic E-state index is 12.2. The van der Waals surface area contributed by atoms with Crippen molar-refractivity contribution in [2.24, 2.45) is 17.3 Å². The Kier molecular flexibility index (Phi) is 5.70. The Labute approximate surface area is 168 Å². The monoisotopic (exact) mass is 399 g/mol. The number of amides is 1. The van der Waals surface area contributed by atoms with E-state index in [4.69, 9.17) is 16.3 Å². The lowest BCUT2D eigenvalue weighted by Crippen LogP contribution is -2.09. The summed E-state index contributed by atoms with van der Waals surface area (Å²) in [5, 5.41) is 19.1. The molecule has 0 radical (unpaired) electrons. The molecule has 0 atom stereocenters. The van der Waals surface area contributed by atoms with Gasteiger partial charge in [-0.2, -0.15) is 0 Å². The molecule has 0 spiro atoms. The summed E-state index contributed by atoms with van der Waals surface area (Å²) in [5.41, 5.74) is 3.01. The zero-order valence-corrected chi connectivity index (χ0v) is 17.0. The molecule has 0 bridgehead atoms. The number of ether oxygens (including phenoxy) is 1. The number of fused-ring (bicyclic) bond motifs is 1. The van der Waals surface area contributed by atoms with E-state index < -0.39 is 5.91 Å². The Hall–Kier alpha value is -2.86. The van der Waals surface area contributed by atoms with Crippen molar-refractivity contribution in [3.8, 4) is 11.6 Å². The zero-order chi connectivity index (χ0) is 20.4. The van der Waals surface area contributed by atoms with Gasteiger partial charge in [0.25, 0.3) is 0 Å². The van der Waals surface area contributed by atoms with E-state index in [9.17, 15) is 9.90 Å². The quantitative estimate of drug-likeness (QED) is 0.562. The molecule has 3 aromatic rings. The van der Waals surface area contributed by atoms with Gasteiger partial charge in [-0.05, 0) is 48.2 Å². The van der Waals surface area contributed by atoms with Crippen LogP contribution in [0.3, 0.4) is 0 Å². The second-order valence-corrected chi connectivity index (χ2v) is 7.41. The van der Waals surface area contributed by atoms with Crippen LogP contribution in [-0.4, -0.2) is 22.2 Å². The maximum Gasteiger partial charge on any atom is 0.302 e. The molecule has 0 aliphatic rings. The predicted octanol–water partition coefficient (Wildman–Crippen LogP) is 5.66. The third kappa shape index (κ3) is 4.02. The van der Waals surface area contributed by atoms with Gasteiger partial charge in [0.2, 0.25) is 5.88 Å². The predicted molar refractivity (Wildman–Crippen MR) is 110 cm³/mol. The van der Waals surface area contributed by atoms with Crippen LogP contribution in [0, 0.1) is 6.92 Å². The SMILES string of the molecule is Cc1ccc(C(C)C)c(OCC(=O)N=Nc2c(O)n(C)c3ccc(Cl)cc23)c1. The molecule has 28 heavy (non-hydrogen) atoms. The Balaban J connectivity index is 1.79. The Morgan fingerprint density at radius 1 is 1.25 bits per heavy atom. The number of carbonyl (C=O) groups excluding carboxylic acids is 1. The molecule has 1 heterocycles. The molecule has 0 saturated carbocycles. The summed E-state index contributed by atoms with van der Waals surface area (Å²) in [7, 11) is 1.70. The number of halogens is 1. The summed E-state index contributed by atoms with van der Waals surface area (Å²) in [6.45, 7) is 5.85. The Morgan fingerprint density at radius 3 is 2.71 bits per heavy atom. The molecule has 0 fully saturated rings. The normalized spacial score (nSPS) is 11.6. The number of aromatic nitrogens is 1.